The molecule has 1 aromatic carbocycles. The van der Waals surface area contributed by atoms with Crippen molar-refractivity contribution in [2.75, 3.05) is 18.7 Å². The molecule has 14 heteroatoms. The number of amides is 1. The summed E-state index contributed by atoms with van der Waals surface area (Å²) in [5, 5.41) is 2.03. The van der Waals surface area contributed by atoms with Crippen molar-refractivity contribution in [3.05, 3.63) is 47.7 Å². The molecule has 0 radical (unpaired) electrons. The molecule has 7 nitrogen and oxygen atoms in total. The molecule has 33 heavy (non-hydrogen) atoms. The molecule has 3 N–H and O–H groups in total. The van der Waals surface area contributed by atoms with Gasteiger partial charge < -0.3 is 15.8 Å². The first-order valence-electron chi connectivity index (χ1n) is 10.2. The summed E-state index contributed by atoms with van der Waals surface area (Å²) in [4.78, 5) is 24.4. The van der Waals surface area contributed by atoms with Crippen LogP contribution in [0.15, 0.2) is 35.6 Å². The van der Waals surface area contributed by atoms with Crippen molar-refractivity contribution in [3.8, 4) is 5.88 Å². The zero-order valence-corrected chi connectivity index (χ0v) is 18.5. The molecule has 2 aromatic rings. The Bertz CT molecular complexity index is 1070. The summed E-state index contributed by atoms with van der Waals surface area (Å²) in [5.74, 6) is -1.96. The summed E-state index contributed by atoms with van der Waals surface area (Å²) in [6.45, 7) is -2.60. The highest BCUT2D eigenvalue weighted by atomic mass is 19.2. The van der Waals surface area contributed by atoms with Crippen molar-refractivity contribution in [2.45, 2.75) is 29.3 Å². The SMILES string of the molecule is BC(B)(B)Oc1cnc(C(=O)Nc2ccc(F)c([C@]3(CF)CC[C@@](F)(CF)C(N)=N3)c2)cn1. The van der Waals surface area contributed by atoms with Gasteiger partial charge >= 0.3 is 0 Å². The number of ether oxygens (including phenoxy) is 1. The summed E-state index contributed by atoms with van der Waals surface area (Å²) < 4.78 is 61.7. The predicted octanol–water partition coefficient (Wildman–Crippen LogP) is -0.249. The van der Waals surface area contributed by atoms with Gasteiger partial charge in [0.1, 0.15) is 59.8 Å². The van der Waals surface area contributed by atoms with Crippen LogP contribution >= 0.6 is 0 Å². The van der Waals surface area contributed by atoms with Gasteiger partial charge in [0, 0.05) is 16.5 Å². The maximum absolute atomic E-state index is 14.6. The number of carbonyl (C=O) groups is 1. The average molecular weight is 461 g/mol. The summed E-state index contributed by atoms with van der Waals surface area (Å²) in [6.07, 6.45) is 1.74. The van der Waals surface area contributed by atoms with Crippen molar-refractivity contribution in [3.63, 3.8) is 0 Å². The minimum Gasteiger partial charge on any atom is -0.498 e. The summed E-state index contributed by atoms with van der Waals surface area (Å²) in [7, 11) is 5.50. The molecule has 2 heterocycles. The second-order valence-corrected chi connectivity index (χ2v) is 8.86. The summed E-state index contributed by atoms with van der Waals surface area (Å²) >= 11 is 0. The Labute approximate surface area is 190 Å². The normalized spacial score (nSPS) is 23.0. The molecule has 0 spiro atoms. The first-order valence-corrected chi connectivity index (χ1v) is 10.2. The molecule has 0 unspecified atom stereocenters. The Morgan fingerprint density at radius 3 is 2.45 bits per heavy atom. The van der Waals surface area contributed by atoms with Crippen LogP contribution in [-0.4, -0.2) is 69.6 Å². The number of carbonyl (C=O) groups excluding carboxylic acids is 1. The molecule has 0 fully saturated rings. The van der Waals surface area contributed by atoms with Gasteiger partial charge in [-0.15, -0.1) is 0 Å². The lowest BCUT2D eigenvalue weighted by atomic mass is 9.52. The highest BCUT2D eigenvalue weighted by Gasteiger charge is 2.47. The minimum absolute atomic E-state index is 0.0348. The van der Waals surface area contributed by atoms with Crippen LogP contribution in [0.5, 0.6) is 5.88 Å². The number of nitrogens with zero attached hydrogens (tertiary/aromatic N) is 3. The number of amidine groups is 1. The molecular weight excluding hydrogens is 439 g/mol. The molecule has 2 atom stereocenters. The van der Waals surface area contributed by atoms with Crippen LogP contribution in [0.1, 0.15) is 28.9 Å². The lowest BCUT2D eigenvalue weighted by Gasteiger charge is -2.37. The van der Waals surface area contributed by atoms with E-state index in [2.05, 4.69) is 20.3 Å². The van der Waals surface area contributed by atoms with E-state index in [1.54, 1.807) is 0 Å². The fraction of sp³-hybridized carbons (Fsp3) is 0.368. The third kappa shape index (κ3) is 5.31. The van der Waals surface area contributed by atoms with E-state index in [1.165, 1.54) is 24.5 Å². The van der Waals surface area contributed by atoms with Crippen molar-refractivity contribution < 1.29 is 27.1 Å². The van der Waals surface area contributed by atoms with E-state index in [0.29, 0.717) is 0 Å². The van der Waals surface area contributed by atoms with Crippen molar-refractivity contribution in [1.29, 1.82) is 0 Å². The van der Waals surface area contributed by atoms with E-state index in [-0.39, 0.29) is 29.2 Å². The molecule has 0 aliphatic carbocycles. The number of benzene rings is 1. The van der Waals surface area contributed by atoms with Gasteiger partial charge in [-0.05, 0) is 31.0 Å². The Morgan fingerprint density at radius 1 is 1.18 bits per heavy atom. The number of alkyl halides is 3. The highest BCUT2D eigenvalue weighted by Crippen LogP contribution is 2.41. The number of aliphatic imine (C=N–C) groups is 1. The van der Waals surface area contributed by atoms with Gasteiger partial charge in [-0.3, -0.25) is 9.79 Å². The Morgan fingerprint density at radius 2 is 1.91 bits per heavy atom. The standard InChI is InChI=1S/C19H22B3F4N5O2/c20-19(21,22)33-14-7-28-13(6-29-14)15(32)30-10-1-2-12(25)11(5-10)18(9-24)4-3-17(26,8-23)16(27)31-18/h1-2,5-7H,3-4,8-9,20-22H2,(H2,27,31)(H,30,32)/t17-,18-/m1/s1. The van der Waals surface area contributed by atoms with Gasteiger partial charge in [0.15, 0.2) is 5.67 Å². The van der Waals surface area contributed by atoms with E-state index in [9.17, 15) is 22.4 Å². The molecular formula is C19H22B3F4N5O2. The van der Waals surface area contributed by atoms with Crippen molar-refractivity contribution in [2.24, 2.45) is 10.7 Å². The number of nitrogens with one attached hydrogen (secondary N) is 1. The average Bonchev–Trinajstić information content (AvgIpc) is 2.76. The molecule has 1 amide bonds. The van der Waals surface area contributed by atoms with Gasteiger partial charge in [0.25, 0.3) is 5.91 Å². The van der Waals surface area contributed by atoms with E-state index < -0.39 is 53.8 Å². The molecule has 1 aromatic heterocycles. The van der Waals surface area contributed by atoms with E-state index in [1.807, 2.05) is 23.5 Å². The number of hydrogen-bond acceptors (Lipinski definition) is 6. The largest absolute Gasteiger partial charge is 0.498 e. The van der Waals surface area contributed by atoms with Crippen LogP contribution in [0, 0.1) is 5.82 Å². The molecule has 0 saturated carbocycles. The van der Waals surface area contributed by atoms with Crippen LogP contribution in [0.4, 0.5) is 23.2 Å². The fourth-order valence-electron chi connectivity index (χ4n) is 3.37. The topological polar surface area (TPSA) is 102 Å². The Kier molecular flexibility index (Phi) is 6.76. The molecule has 1 aliphatic rings. The third-order valence-corrected chi connectivity index (χ3v) is 5.16. The molecule has 172 valence electrons. The zero-order valence-electron chi connectivity index (χ0n) is 18.5. The first-order chi connectivity index (χ1) is 15.4. The fourth-order valence-corrected chi connectivity index (χ4v) is 3.37. The van der Waals surface area contributed by atoms with Crippen molar-refractivity contribution >= 4 is 41.0 Å². The number of anilines is 1. The van der Waals surface area contributed by atoms with Gasteiger partial charge in [-0.2, -0.15) is 0 Å². The highest BCUT2D eigenvalue weighted by molar-refractivity contribution is 6.58. The van der Waals surface area contributed by atoms with Crippen LogP contribution in [-0.2, 0) is 5.54 Å². The van der Waals surface area contributed by atoms with Gasteiger partial charge in [0.2, 0.25) is 5.88 Å². The number of halogens is 4. The molecule has 0 saturated heterocycles. The first kappa shape index (κ1) is 24.6. The van der Waals surface area contributed by atoms with E-state index >= 15 is 0 Å². The maximum Gasteiger partial charge on any atom is 0.275 e. The monoisotopic (exact) mass is 461 g/mol. The smallest absolute Gasteiger partial charge is 0.275 e. The van der Waals surface area contributed by atoms with Crippen LogP contribution in [0.25, 0.3) is 0 Å². The second kappa shape index (κ2) is 9.07. The van der Waals surface area contributed by atoms with Crippen LogP contribution < -0.4 is 15.8 Å². The summed E-state index contributed by atoms with van der Waals surface area (Å²) in [6, 6.07) is 3.48. The maximum atomic E-state index is 14.6. The van der Waals surface area contributed by atoms with Gasteiger partial charge in [-0.25, -0.2) is 27.5 Å². The number of nitrogens with two attached hydrogens (primary N) is 1. The molecule has 0 bridgehead atoms. The second-order valence-electron chi connectivity index (χ2n) is 8.86. The lowest BCUT2D eigenvalue weighted by Crippen LogP contribution is -2.49. The summed E-state index contributed by atoms with van der Waals surface area (Å²) in [5.41, 5.74) is 1.08. The minimum atomic E-state index is -2.51. The zero-order chi connectivity index (χ0) is 24.4. The quantitative estimate of drug-likeness (QED) is 0.438. The third-order valence-electron chi connectivity index (χ3n) is 5.16. The van der Waals surface area contributed by atoms with E-state index in [4.69, 9.17) is 10.5 Å². The number of hydrogen-bond donors (Lipinski definition) is 2. The van der Waals surface area contributed by atoms with E-state index in [0.717, 1.165) is 6.07 Å². The van der Waals surface area contributed by atoms with Crippen LogP contribution in [0.2, 0.25) is 0 Å². The predicted molar refractivity (Wildman–Crippen MR) is 124 cm³/mol. The van der Waals surface area contributed by atoms with Crippen LogP contribution in [0.3, 0.4) is 0 Å². The number of aromatic nitrogens is 2. The Hall–Kier alpha value is -3.05. The van der Waals surface area contributed by atoms with Gasteiger partial charge in [-0.1, -0.05) is 0 Å². The molecule has 1 aliphatic heterocycles. The molecule has 3 rings (SSSR count). The lowest BCUT2D eigenvalue weighted by molar-refractivity contribution is 0.102. The number of rotatable bonds is 7. The van der Waals surface area contributed by atoms with Crippen molar-refractivity contribution in [1.82, 2.24) is 9.97 Å². The van der Waals surface area contributed by atoms with Gasteiger partial charge in [0.05, 0.1) is 12.4 Å². The Balaban J connectivity index is 1.85.